The topological polar surface area (TPSA) is 35.2 Å². The van der Waals surface area contributed by atoms with Crippen LogP contribution in [0.4, 0.5) is 0 Å². The van der Waals surface area contributed by atoms with Gasteiger partial charge in [0.05, 0.1) is 0 Å². The number of benzene rings is 1. The second-order valence-corrected chi connectivity index (χ2v) is 4.59. The van der Waals surface area contributed by atoms with Gasteiger partial charge in [-0.1, -0.05) is 25.2 Å². The van der Waals surface area contributed by atoms with Gasteiger partial charge in [0.1, 0.15) is 16.8 Å². The van der Waals surface area contributed by atoms with Crippen LogP contribution in [0.25, 0.3) is 0 Å². The summed E-state index contributed by atoms with van der Waals surface area (Å²) in [5.41, 5.74) is 9.20. The molecule has 0 saturated heterocycles. The minimum absolute atomic E-state index is 0.171. The van der Waals surface area contributed by atoms with Gasteiger partial charge in [-0.15, -0.1) is 0 Å². The molecule has 0 aliphatic heterocycles. The quantitative estimate of drug-likeness (QED) is 0.817. The molecular formula is C13H19NOS. The van der Waals surface area contributed by atoms with E-state index in [2.05, 4.69) is 26.8 Å². The third kappa shape index (κ3) is 2.95. The number of thiocarbonyl (C=S) groups is 1. The van der Waals surface area contributed by atoms with Crippen molar-refractivity contribution >= 4 is 17.2 Å². The molecule has 1 aromatic carbocycles. The van der Waals surface area contributed by atoms with E-state index < -0.39 is 0 Å². The Morgan fingerprint density at radius 1 is 1.38 bits per heavy atom. The molecule has 1 aromatic rings. The van der Waals surface area contributed by atoms with Gasteiger partial charge in [-0.25, -0.2) is 0 Å². The molecule has 0 aliphatic carbocycles. The van der Waals surface area contributed by atoms with Crippen molar-refractivity contribution in [3.63, 3.8) is 0 Å². The molecule has 0 aliphatic rings. The van der Waals surface area contributed by atoms with Crippen LogP contribution in [-0.4, -0.2) is 11.1 Å². The second-order valence-electron chi connectivity index (χ2n) is 4.12. The largest absolute Gasteiger partial charge is 0.483 e. The average molecular weight is 237 g/mol. The zero-order valence-corrected chi connectivity index (χ0v) is 11.1. The summed E-state index contributed by atoms with van der Waals surface area (Å²) in [5.74, 6) is 0.886. The molecule has 0 saturated carbocycles. The third-order valence-corrected chi connectivity index (χ3v) is 2.98. The summed E-state index contributed by atoms with van der Waals surface area (Å²) in [7, 11) is 0. The second kappa shape index (κ2) is 5.30. The van der Waals surface area contributed by atoms with Crippen LogP contribution in [0.5, 0.6) is 5.75 Å². The van der Waals surface area contributed by atoms with E-state index >= 15 is 0 Å². The van der Waals surface area contributed by atoms with Crippen LogP contribution in [-0.2, 0) is 0 Å². The standard InChI is InChI=1S/C13H19NOS/c1-5-11(13(14)16)15-12-7-8(2)6-9(3)10(12)4/h6-7,11H,5H2,1-4H3,(H2,14,16). The van der Waals surface area contributed by atoms with Crippen LogP contribution in [0.1, 0.15) is 30.0 Å². The first kappa shape index (κ1) is 13.0. The summed E-state index contributed by atoms with van der Waals surface area (Å²) >= 11 is 4.98. The highest BCUT2D eigenvalue weighted by molar-refractivity contribution is 7.80. The van der Waals surface area contributed by atoms with Gasteiger partial charge < -0.3 is 10.5 Å². The molecule has 88 valence electrons. The number of hydrogen-bond donors (Lipinski definition) is 1. The molecule has 0 aromatic heterocycles. The third-order valence-electron chi connectivity index (χ3n) is 2.72. The Kier molecular flexibility index (Phi) is 4.30. The molecule has 2 nitrogen and oxygen atoms in total. The van der Waals surface area contributed by atoms with E-state index in [1.807, 2.05) is 13.0 Å². The van der Waals surface area contributed by atoms with E-state index in [-0.39, 0.29) is 6.10 Å². The maximum Gasteiger partial charge on any atom is 0.148 e. The molecule has 3 heteroatoms. The van der Waals surface area contributed by atoms with Gasteiger partial charge in [-0.3, -0.25) is 0 Å². The molecule has 0 amide bonds. The van der Waals surface area contributed by atoms with Crippen molar-refractivity contribution in [1.82, 2.24) is 0 Å². The van der Waals surface area contributed by atoms with Gasteiger partial charge in [0.25, 0.3) is 0 Å². The van der Waals surface area contributed by atoms with Gasteiger partial charge in [0, 0.05) is 0 Å². The van der Waals surface area contributed by atoms with Gasteiger partial charge in [0.15, 0.2) is 0 Å². The summed E-state index contributed by atoms with van der Waals surface area (Å²) in [6.45, 7) is 8.20. The molecule has 16 heavy (non-hydrogen) atoms. The first-order valence-corrected chi connectivity index (χ1v) is 5.90. The first-order chi connectivity index (χ1) is 7.45. The van der Waals surface area contributed by atoms with Gasteiger partial charge in [0.2, 0.25) is 0 Å². The molecule has 0 radical (unpaired) electrons. The number of nitrogens with two attached hydrogens (primary N) is 1. The van der Waals surface area contributed by atoms with Crippen molar-refractivity contribution in [3.8, 4) is 5.75 Å². The monoisotopic (exact) mass is 237 g/mol. The minimum Gasteiger partial charge on any atom is -0.483 e. The lowest BCUT2D eigenvalue weighted by molar-refractivity contribution is 0.262. The first-order valence-electron chi connectivity index (χ1n) is 5.49. The summed E-state index contributed by atoms with van der Waals surface area (Å²) in [4.78, 5) is 0.418. The van der Waals surface area contributed by atoms with Crippen LogP contribution in [0, 0.1) is 20.8 Å². The maximum atomic E-state index is 5.85. The fourth-order valence-corrected chi connectivity index (χ4v) is 1.83. The van der Waals surface area contributed by atoms with Crippen molar-refractivity contribution in [3.05, 3.63) is 28.8 Å². The Hall–Kier alpha value is -1.09. The lowest BCUT2D eigenvalue weighted by Crippen LogP contribution is -2.31. The number of aryl methyl sites for hydroxylation is 2. The van der Waals surface area contributed by atoms with Gasteiger partial charge in [-0.05, 0) is 49.9 Å². The molecule has 2 N–H and O–H groups in total. The van der Waals surface area contributed by atoms with E-state index in [0.717, 1.165) is 17.7 Å². The predicted octanol–water partition coefficient (Wildman–Crippen LogP) is 3.06. The number of rotatable bonds is 4. The molecule has 0 bridgehead atoms. The van der Waals surface area contributed by atoms with E-state index in [1.54, 1.807) is 0 Å². The van der Waals surface area contributed by atoms with Gasteiger partial charge in [-0.2, -0.15) is 0 Å². The highest BCUT2D eigenvalue weighted by atomic mass is 32.1. The highest BCUT2D eigenvalue weighted by Gasteiger charge is 2.13. The Balaban J connectivity index is 3.00. The van der Waals surface area contributed by atoms with E-state index in [4.69, 9.17) is 22.7 Å². The highest BCUT2D eigenvalue weighted by Crippen LogP contribution is 2.24. The summed E-state index contributed by atoms with van der Waals surface area (Å²) < 4.78 is 5.85. The fraction of sp³-hybridized carbons (Fsp3) is 0.462. The predicted molar refractivity (Wildman–Crippen MR) is 72.1 cm³/mol. The SMILES string of the molecule is CCC(Oc1cc(C)cc(C)c1C)C(N)=S. The normalized spacial score (nSPS) is 12.2. The average Bonchev–Trinajstić information content (AvgIpc) is 2.20. The Morgan fingerprint density at radius 2 is 2.00 bits per heavy atom. The fourth-order valence-electron chi connectivity index (χ4n) is 1.62. The maximum absolute atomic E-state index is 5.85. The molecule has 1 unspecified atom stereocenters. The molecule has 1 rings (SSSR count). The van der Waals surface area contributed by atoms with Crippen LogP contribution in [0.2, 0.25) is 0 Å². The van der Waals surface area contributed by atoms with Crippen molar-refractivity contribution in [2.75, 3.05) is 0 Å². The van der Waals surface area contributed by atoms with E-state index in [1.165, 1.54) is 11.1 Å². The summed E-state index contributed by atoms with van der Waals surface area (Å²) in [6, 6.07) is 4.17. The zero-order chi connectivity index (χ0) is 12.3. The van der Waals surface area contributed by atoms with Crippen molar-refractivity contribution in [2.24, 2.45) is 5.73 Å². The Labute approximate surface area is 103 Å². The molecular weight excluding hydrogens is 218 g/mol. The molecule has 0 heterocycles. The summed E-state index contributed by atoms with van der Waals surface area (Å²) in [6.07, 6.45) is 0.622. The lowest BCUT2D eigenvalue weighted by Gasteiger charge is -2.19. The molecule has 0 spiro atoms. The van der Waals surface area contributed by atoms with Crippen molar-refractivity contribution in [1.29, 1.82) is 0 Å². The van der Waals surface area contributed by atoms with Gasteiger partial charge >= 0.3 is 0 Å². The van der Waals surface area contributed by atoms with Crippen molar-refractivity contribution < 1.29 is 4.74 Å². The lowest BCUT2D eigenvalue weighted by atomic mass is 10.1. The molecule has 0 fully saturated rings. The number of ether oxygens (including phenoxy) is 1. The Morgan fingerprint density at radius 3 is 2.50 bits per heavy atom. The van der Waals surface area contributed by atoms with Crippen LogP contribution >= 0.6 is 12.2 Å². The van der Waals surface area contributed by atoms with Crippen LogP contribution in [0.3, 0.4) is 0 Å². The van der Waals surface area contributed by atoms with Crippen molar-refractivity contribution in [2.45, 2.75) is 40.2 Å². The minimum atomic E-state index is -0.171. The smallest absolute Gasteiger partial charge is 0.148 e. The van der Waals surface area contributed by atoms with E-state index in [0.29, 0.717) is 4.99 Å². The van der Waals surface area contributed by atoms with Crippen LogP contribution < -0.4 is 10.5 Å². The van der Waals surface area contributed by atoms with E-state index in [9.17, 15) is 0 Å². The summed E-state index contributed by atoms with van der Waals surface area (Å²) in [5, 5.41) is 0. The van der Waals surface area contributed by atoms with Crippen LogP contribution in [0.15, 0.2) is 12.1 Å². The number of hydrogen-bond acceptors (Lipinski definition) is 2. The Bertz CT molecular complexity index is 401. The molecule has 1 atom stereocenters. The zero-order valence-electron chi connectivity index (χ0n) is 10.3.